The van der Waals surface area contributed by atoms with Crippen LogP contribution in [0.4, 0.5) is 0 Å². The number of hydrogen-bond donors (Lipinski definition) is 0. The molecule has 0 aliphatic carbocycles. The Labute approximate surface area is 147 Å². The zero-order valence-electron chi connectivity index (χ0n) is 14.9. The Balaban J connectivity index is 1.84. The van der Waals surface area contributed by atoms with Crippen LogP contribution in [0.2, 0.25) is 0 Å². The summed E-state index contributed by atoms with van der Waals surface area (Å²) in [5, 5.41) is 8.94. The van der Waals surface area contributed by atoms with Gasteiger partial charge in [0.25, 0.3) is 0 Å². The number of nitriles is 1. The molecule has 1 nitrogen and oxygen atoms in total. The maximum Gasteiger partial charge on any atom is 0.0991 e. The molecule has 0 radical (unpaired) electrons. The van der Waals surface area contributed by atoms with E-state index in [9.17, 15) is 0 Å². The monoisotopic (exact) mass is 319 g/mol. The van der Waals surface area contributed by atoms with E-state index in [-0.39, 0.29) is 0 Å². The Hall–Kier alpha value is -2.07. The van der Waals surface area contributed by atoms with Gasteiger partial charge in [-0.2, -0.15) is 5.26 Å². The van der Waals surface area contributed by atoms with Gasteiger partial charge in [-0.1, -0.05) is 88.3 Å². The van der Waals surface area contributed by atoms with Gasteiger partial charge in [0, 0.05) is 0 Å². The van der Waals surface area contributed by atoms with Crippen LogP contribution in [0.5, 0.6) is 0 Å². The summed E-state index contributed by atoms with van der Waals surface area (Å²) in [6, 6.07) is 18.8. The molecule has 2 aromatic rings. The molecule has 0 aromatic heterocycles. The number of nitrogens with zero attached hydrogens (tertiary/aromatic N) is 1. The van der Waals surface area contributed by atoms with Crippen LogP contribution < -0.4 is 0 Å². The van der Waals surface area contributed by atoms with Crippen LogP contribution in [-0.2, 0) is 6.42 Å². The predicted octanol–water partition coefficient (Wildman–Crippen LogP) is 6.91. The van der Waals surface area contributed by atoms with E-state index in [4.69, 9.17) is 5.26 Å². The number of unbranched alkanes of at least 4 members (excludes halogenated alkanes) is 7. The minimum atomic E-state index is 0.722. The zero-order valence-corrected chi connectivity index (χ0v) is 14.9. The van der Waals surface area contributed by atoms with E-state index < -0.39 is 0 Å². The highest BCUT2D eigenvalue weighted by molar-refractivity contribution is 5.68. The first-order valence-electron chi connectivity index (χ1n) is 9.43. The van der Waals surface area contributed by atoms with Crippen LogP contribution in [0.3, 0.4) is 0 Å². The standard InChI is InChI=1S/C23H29N/c1-2-3-4-5-6-7-8-9-12-21-13-10-11-14-23(21)22-17-15-20(19-24)16-18-22/h10-11,13-18H,2-9,12H2,1H3. The summed E-state index contributed by atoms with van der Waals surface area (Å²) in [6.07, 6.45) is 12.0. The van der Waals surface area contributed by atoms with Crippen molar-refractivity contribution in [3.05, 3.63) is 59.7 Å². The van der Waals surface area contributed by atoms with E-state index in [0.29, 0.717) is 0 Å². The van der Waals surface area contributed by atoms with Gasteiger partial charge >= 0.3 is 0 Å². The third kappa shape index (κ3) is 5.85. The maximum absolute atomic E-state index is 8.94. The van der Waals surface area contributed by atoms with Crippen molar-refractivity contribution in [3.8, 4) is 17.2 Å². The normalized spacial score (nSPS) is 10.5. The smallest absolute Gasteiger partial charge is 0.0991 e. The minimum Gasteiger partial charge on any atom is -0.192 e. The van der Waals surface area contributed by atoms with E-state index in [1.807, 2.05) is 12.1 Å². The summed E-state index contributed by atoms with van der Waals surface area (Å²) in [6.45, 7) is 2.27. The lowest BCUT2D eigenvalue weighted by molar-refractivity contribution is 0.575. The summed E-state index contributed by atoms with van der Waals surface area (Å²) in [5.41, 5.74) is 4.67. The van der Waals surface area contributed by atoms with Crippen LogP contribution >= 0.6 is 0 Å². The highest BCUT2D eigenvalue weighted by atomic mass is 14.2. The van der Waals surface area contributed by atoms with E-state index in [0.717, 1.165) is 12.0 Å². The quantitative estimate of drug-likeness (QED) is 0.436. The Morgan fingerprint density at radius 3 is 2.04 bits per heavy atom. The van der Waals surface area contributed by atoms with Gasteiger partial charge in [0.1, 0.15) is 0 Å². The lowest BCUT2D eigenvalue weighted by atomic mass is 9.95. The first kappa shape index (κ1) is 18.3. The molecule has 1 heteroatoms. The lowest BCUT2D eigenvalue weighted by Crippen LogP contribution is -1.91. The molecule has 0 unspecified atom stereocenters. The topological polar surface area (TPSA) is 23.8 Å². The second-order valence-electron chi connectivity index (χ2n) is 6.57. The van der Waals surface area contributed by atoms with Gasteiger partial charge in [-0.05, 0) is 41.7 Å². The SMILES string of the molecule is CCCCCCCCCCc1ccccc1-c1ccc(C#N)cc1. The summed E-state index contributed by atoms with van der Waals surface area (Å²) < 4.78 is 0. The second-order valence-corrected chi connectivity index (χ2v) is 6.57. The Kier molecular flexibility index (Phi) is 8.11. The van der Waals surface area contributed by atoms with Crippen molar-refractivity contribution in [1.82, 2.24) is 0 Å². The number of hydrogen-bond acceptors (Lipinski definition) is 1. The molecule has 0 saturated heterocycles. The van der Waals surface area contributed by atoms with Gasteiger partial charge in [0.2, 0.25) is 0 Å². The number of benzene rings is 2. The fourth-order valence-corrected chi connectivity index (χ4v) is 3.19. The van der Waals surface area contributed by atoms with Crippen molar-refractivity contribution in [3.63, 3.8) is 0 Å². The van der Waals surface area contributed by atoms with Crippen molar-refractivity contribution in [2.24, 2.45) is 0 Å². The van der Waals surface area contributed by atoms with E-state index in [1.165, 1.54) is 68.1 Å². The average molecular weight is 319 g/mol. The molecule has 0 aliphatic rings. The zero-order chi connectivity index (χ0) is 17.0. The van der Waals surface area contributed by atoms with Crippen molar-refractivity contribution in [2.75, 3.05) is 0 Å². The molecule has 0 amide bonds. The third-order valence-electron chi connectivity index (χ3n) is 4.64. The van der Waals surface area contributed by atoms with Crippen LogP contribution in [0.1, 0.15) is 69.4 Å². The summed E-state index contributed by atoms with van der Waals surface area (Å²) in [7, 11) is 0. The summed E-state index contributed by atoms with van der Waals surface area (Å²) >= 11 is 0. The molecule has 0 fully saturated rings. The molecule has 126 valence electrons. The highest BCUT2D eigenvalue weighted by Crippen LogP contribution is 2.25. The van der Waals surface area contributed by atoms with Crippen molar-refractivity contribution >= 4 is 0 Å². The average Bonchev–Trinajstić information content (AvgIpc) is 2.64. The molecule has 0 atom stereocenters. The number of rotatable bonds is 10. The van der Waals surface area contributed by atoms with E-state index >= 15 is 0 Å². The Morgan fingerprint density at radius 2 is 1.38 bits per heavy atom. The van der Waals surface area contributed by atoms with Crippen LogP contribution in [0, 0.1) is 11.3 Å². The van der Waals surface area contributed by atoms with Crippen molar-refractivity contribution in [2.45, 2.75) is 64.7 Å². The highest BCUT2D eigenvalue weighted by Gasteiger charge is 2.04. The lowest BCUT2D eigenvalue weighted by Gasteiger charge is -2.10. The molecule has 0 N–H and O–H groups in total. The third-order valence-corrected chi connectivity index (χ3v) is 4.64. The molecule has 0 bridgehead atoms. The van der Waals surface area contributed by atoms with Crippen LogP contribution in [0.15, 0.2) is 48.5 Å². The van der Waals surface area contributed by atoms with Crippen molar-refractivity contribution < 1.29 is 0 Å². The molecular weight excluding hydrogens is 290 g/mol. The fraction of sp³-hybridized carbons (Fsp3) is 0.435. The summed E-state index contributed by atoms with van der Waals surface area (Å²) in [4.78, 5) is 0. The first-order valence-corrected chi connectivity index (χ1v) is 9.43. The Bertz CT molecular complexity index is 634. The van der Waals surface area contributed by atoms with Crippen LogP contribution in [-0.4, -0.2) is 0 Å². The minimum absolute atomic E-state index is 0.722. The molecule has 0 saturated carbocycles. The van der Waals surface area contributed by atoms with E-state index in [1.54, 1.807) is 0 Å². The largest absolute Gasteiger partial charge is 0.192 e. The van der Waals surface area contributed by atoms with Crippen LogP contribution in [0.25, 0.3) is 11.1 Å². The van der Waals surface area contributed by atoms with Gasteiger partial charge in [-0.25, -0.2) is 0 Å². The Morgan fingerprint density at radius 1 is 0.750 bits per heavy atom. The first-order chi connectivity index (χ1) is 11.8. The van der Waals surface area contributed by atoms with Gasteiger partial charge in [0.15, 0.2) is 0 Å². The van der Waals surface area contributed by atoms with Gasteiger partial charge in [-0.3, -0.25) is 0 Å². The number of aryl methyl sites for hydroxylation is 1. The molecule has 2 aromatic carbocycles. The van der Waals surface area contributed by atoms with E-state index in [2.05, 4.69) is 49.4 Å². The molecule has 0 heterocycles. The molecular formula is C23H29N. The molecule has 2 rings (SSSR count). The van der Waals surface area contributed by atoms with Crippen molar-refractivity contribution in [1.29, 1.82) is 5.26 Å². The van der Waals surface area contributed by atoms with Gasteiger partial charge < -0.3 is 0 Å². The van der Waals surface area contributed by atoms with Gasteiger partial charge in [0.05, 0.1) is 11.6 Å². The van der Waals surface area contributed by atoms with Gasteiger partial charge in [-0.15, -0.1) is 0 Å². The predicted molar refractivity (Wildman–Crippen MR) is 103 cm³/mol. The maximum atomic E-state index is 8.94. The fourth-order valence-electron chi connectivity index (χ4n) is 3.19. The molecule has 0 spiro atoms. The summed E-state index contributed by atoms with van der Waals surface area (Å²) in [5.74, 6) is 0. The molecule has 0 aliphatic heterocycles. The molecule has 24 heavy (non-hydrogen) atoms. The second kappa shape index (κ2) is 10.7.